The zero-order valence-electron chi connectivity index (χ0n) is 17.4. The maximum Gasteiger partial charge on any atom is 0.0909 e. The van der Waals surface area contributed by atoms with Crippen molar-refractivity contribution in [2.75, 3.05) is 13.1 Å². The van der Waals surface area contributed by atoms with Crippen LogP contribution in [0.15, 0.2) is 46.3 Å². The van der Waals surface area contributed by atoms with Crippen molar-refractivity contribution >= 4 is 5.84 Å². The number of hydrogen-bond acceptors (Lipinski definition) is 3. The van der Waals surface area contributed by atoms with Crippen molar-refractivity contribution in [3.8, 4) is 0 Å². The number of nitrogens with one attached hydrogen (secondary N) is 2. The molecule has 6 atom stereocenters. The average Bonchev–Trinajstić information content (AvgIpc) is 3.26. The summed E-state index contributed by atoms with van der Waals surface area (Å²) < 4.78 is 0. The van der Waals surface area contributed by atoms with Crippen molar-refractivity contribution in [2.45, 2.75) is 59.0 Å². The van der Waals surface area contributed by atoms with Crippen LogP contribution in [0.2, 0.25) is 0 Å². The van der Waals surface area contributed by atoms with Gasteiger partial charge in [0.2, 0.25) is 0 Å². The molecule has 0 aromatic carbocycles. The second-order valence-corrected chi connectivity index (χ2v) is 8.80. The Labute approximate surface area is 164 Å². The molecule has 4 N–H and O–H groups in total. The van der Waals surface area contributed by atoms with E-state index in [9.17, 15) is 0 Å². The average molecular weight is 369 g/mol. The summed E-state index contributed by atoms with van der Waals surface area (Å²) in [6, 6.07) is 0.439. The number of nitrogens with zero attached hydrogens (tertiary/aromatic N) is 1. The van der Waals surface area contributed by atoms with Crippen LogP contribution in [0.25, 0.3) is 0 Å². The highest BCUT2D eigenvalue weighted by Crippen LogP contribution is 2.43. The van der Waals surface area contributed by atoms with E-state index in [0.29, 0.717) is 17.7 Å². The fourth-order valence-electron chi connectivity index (χ4n) is 5.12. The molecule has 4 heteroatoms. The summed E-state index contributed by atoms with van der Waals surface area (Å²) in [7, 11) is 0. The zero-order valence-corrected chi connectivity index (χ0v) is 17.4. The van der Waals surface area contributed by atoms with Gasteiger partial charge in [0.25, 0.3) is 0 Å². The molecule has 6 unspecified atom stereocenters. The van der Waals surface area contributed by atoms with Gasteiger partial charge in [-0.05, 0) is 82.5 Å². The summed E-state index contributed by atoms with van der Waals surface area (Å²) in [6.45, 7) is 15.3. The van der Waals surface area contributed by atoms with Crippen molar-refractivity contribution < 1.29 is 0 Å². The molecule has 27 heavy (non-hydrogen) atoms. The SMILES string of the molecule is C=C(NC(C)C1=C=C(C)C=C1)C1CC(C2CCNC2)C(C)CC1/N=C(/C)N. The van der Waals surface area contributed by atoms with Crippen LogP contribution in [0, 0.1) is 23.7 Å². The summed E-state index contributed by atoms with van der Waals surface area (Å²) in [4.78, 5) is 4.80. The molecule has 1 heterocycles. The molecule has 4 nitrogen and oxygen atoms in total. The van der Waals surface area contributed by atoms with E-state index in [-0.39, 0.29) is 12.1 Å². The molecule has 0 radical (unpaired) electrons. The lowest BCUT2D eigenvalue weighted by Crippen LogP contribution is -2.42. The number of amidine groups is 1. The van der Waals surface area contributed by atoms with E-state index < -0.39 is 0 Å². The lowest BCUT2D eigenvalue weighted by atomic mass is 9.66. The summed E-state index contributed by atoms with van der Waals surface area (Å²) in [5.41, 5.74) is 12.9. The van der Waals surface area contributed by atoms with E-state index in [1.54, 1.807) is 0 Å². The maximum atomic E-state index is 5.97. The van der Waals surface area contributed by atoms with Crippen LogP contribution in [-0.2, 0) is 0 Å². The normalized spacial score (nSPS) is 35.0. The van der Waals surface area contributed by atoms with Gasteiger partial charge in [-0.15, -0.1) is 5.73 Å². The molecule has 148 valence electrons. The third-order valence-corrected chi connectivity index (χ3v) is 6.58. The van der Waals surface area contributed by atoms with Gasteiger partial charge in [-0.25, -0.2) is 0 Å². The van der Waals surface area contributed by atoms with Gasteiger partial charge >= 0.3 is 0 Å². The van der Waals surface area contributed by atoms with E-state index in [4.69, 9.17) is 10.7 Å². The van der Waals surface area contributed by atoms with Gasteiger partial charge in [-0.2, -0.15) is 0 Å². The minimum Gasteiger partial charge on any atom is -0.388 e. The van der Waals surface area contributed by atoms with Crippen LogP contribution in [0.1, 0.15) is 47.0 Å². The number of nitrogens with two attached hydrogens (primary N) is 1. The summed E-state index contributed by atoms with van der Waals surface area (Å²) in [5.74, 6) is 3.21. The molecular formula is C23H36N4. The van der Waals surface area contributed by atoms with Crippen molar-refractivity contribution in [1.29, 1.82) is 0 Å². The highest BCUT2D eigenvalue weighted by atomic mass is 15.0. The predicted octanol–water partition coefficient (Wildman–Crippen LogP) is 3.54. The van der Waals surface area contributed by atoms with E-state index >= 15 is 0 Å². The first-order valence-electron chi connectivity index (χ1n) is 10.5. The number of aliphatic imine (C=N–C) groups is 1. The molecule has 1 saturated carbocycles. The highest BCUT2D eigenvalue weighted by molar-refractivity contribution is 5.77. The van der Waals surface area contributed by atoms with Gasteiger partial charge in [0, 0.05) is 17.2 Å². The fraction of sp³-hybridized carbons (Fsp3) is 0.652. The second kappa shape index (κ2) is 8.50. The molecule has 1 aliphatic heterocycles. The first-order valence-corrected chi connectivity index (χ1v) is 10.5. The smallest absolute Gasteiger partial charge is 0.0909 e. The predicted molar refractivity (Wildman–Crippen MR) is 115 cm³/mol. The van der Waals surface area contributed by atoms with Gasteiger partial charge in [0.15, 0.2) is 0 Å². The van der Waals surface area contributed by atoms with Gasteiger partial charge in [-0.1, -0.05) is 19.6 Å². The van der Waals surface area contributed by atoms with Gasteiger partial charge in [0.1, 0.15) is 0 Å². The van der Waals surface area contributed by atoms with Gasteiger partial charge in [0.05, 0.1) is 17.9 Å². The van der Waals surface area contributed by atoms with Crippen molar-refractivity contribution in [1.82, 2.24) is 10.6 Å². The first-order chi connectivity index (χ1) is 12.8. The molecule has 3 aliphatic rings. The van der Waals surface area contributed by atoms with Crippen LogP contribution < -0.4 is 16.4 Å². The van der Waals surface area contributed by atoms with E-state index in [1.165, 1.54) is 17.6 Å². The molecule has 0 spiro atoms. The van der Waals surface area contributed by atoms with Gasteiger partial charge in [-0.3, -0.25) is 4.99 Å². The highest BCUT2D eigenvalue weighted by Gasteiger charge is 2.40. The molecule has 1 saturated heterocycles. The maximum absolute atomic E-state index is 5.97. The number of allylic oxidation sites excluding steroid dienone is 1. The van der Waals surface area contributed by atoms with Crippen LogP contribution in [0.4, 0.5) is 0 Å². The van der Waals surface area contributed by atoms with E-state index in [1.807, 2.05) is 6.92 Å². The molecule has 2 aliphatic carbocycles. The molecule has 0 aromatic rings. The Bertz CT molecular complexity index is 685. The number of hydrogen-bond donors (Lipinski definition) is 3. The minimum absolute atomic E-state index is 0.209. The third-order valence-electron chi connectivity index (χ3n) is 6.58. The van der Waals surface area contributed by atoms with Crippen molar-refractivity contribution in [2.24, 2.45) is 34.4 Å². The largest absolute Gasteiger partial charge is 0.388 e. The molecular weight excluding hydrogens is 332 g/mol. The number of rotatable bonds is 6. The van der Waals surface area contributed by atoms with Crippen LogP contribution >= 0.6 is 0 Å². The second-order valence-electron chi connectivity index (χ2n) is 8.80. The fourth-order valence-corrected chi connectivity index (χ4v) is 5.12. The Morgan fingerprint density at radius 3 is 2.78 bits per heavy atom. The summed E-state index contributed by atoms with van der Waals surface area (Å²) in [5, 5.41) is 7.20. The van der Waals surface area contributed by atoms with Crippen LogP contribution in [0.5, 0.6) is 0 Å². The summed E-state index contributed by atoms with van der Waals surface area (Å²) >= 11 is 0. The Morgan fingerprint density at radius 2 is 2.19 bits per heavy atom. The Kier molecular flexibility index (Phi) is 6.29. The van der Waals surface area contributed by atoms with Gasteiger partial charge < -0.3 is 16.4 Å². The molecule has 0 aromatic heterocycles. The summed E-state index contributed by atoms with van der Waals surface area (Å²) in [6.07, 6.45) is 7.81. The Hall–Kier alpha value is -1.77. The molecule has 0 amide bonds. The van der Waals surface area contributed by atoms with Crippen molar-refractivity contribution in [3.05, 3.63) is 41.3 Å². The van der Waals surface area contributed by atoms with E-state index in [2.05, 4.69) is 55.9 Å². The lowest BCUT2D eigenvalue weighted by Gasteiger charge is -2.42. The minimum atomic E-state index is 0.209. The van der Waals surface area contributed by atoms with Crippen LogP contribution in [0.3, 0.4) is 0 Å². The quantitative estimate of drug-likeness (QED) is 0.382. The standard InChI is InChI=1S/C23H36N4/c1-14-6-7-19(10-14)16(3)26-17(4)22-12-21(20-8-9-25-13-20)15(2)11-23(22)27-18(5)24/h6-7,15-16,20-23,25-26H,4,8-9,11-13H2,1-3,5H3,(H2,24,27). The molecule has 3 rings (SSSR count). The Balaban J connectivity index is 1.75. The third kappa shape index (κ3) is 4.75. The van der Waals surface area contributed by atoms with E-state index in [0.717, 1.165) is 43.5 Å². The monoisotopic (exact) mass is 368 g/mol. The topological polar surface area (TPSA) is 62.4 Å². The van der Waals surface area contributed by atoms with Crippen molar-refractivity contribution in [3.63, 3.8) is 0 Å². The molecule has 0 bridgehead atoms. The Morgan fingerprint density at radius 1 is 1.41 bits per heavy atom. The molecule has 2 fully saturated rings. The van der Waals surface area contributed by atoms with Crippen LogP contribution in [-0.4, -0.2) is 31.0 Å². The lowest BCUT2D eigenvalue weighted by molar-refractivity contribution is 0.133. The zero-order chi connectivity index (χ0) is 19.6. The first kappa shape index (κ1) is 20.0.